The van der Waals surface area contributed by atoms with E-state index in [9.17, 15) is 34.5 Å². The molecule has 2 heterocycles. The molecule has 38 heavy (non-hydrogen) atoms. The Balaban J connectivity index is 1.48. The first-order chi connectivity index (χ1) is 18.0. The van der Waals surface area contributed by atoms with Crippen molar-refractivity contribution in [3.8, 4) is 5.75 Å². The van der Waals surface area contributed by atoms with Gasteiger partial charge in [-0.05, 0) is 38.1 Å². The maximum Gasteiger partial charge on any atom is 0.353 e. The van der Waals surface area contributed by atoms with E-state index in [0.29, 0.717) is 30.7 Å². The number of ether oxygens (including phenoxy) is 3. The fourth-order valence-electron chi connectivity index (χ4n) is 6.57. The average Bonchev–Trinajstić information content (AvgIpc) is 3.21. The van der Waals surface area contributed by atoms with E-state index < -0.39 is 66.4 Å². The molecule has 0 amide bonds. The summed E-state index contributed by atoms with van der Waals surface area (Å²) in [6.45, 7) is 0.345. The van der Waals surface area contributed by atoms with Gasteiger partial charge in [0.05, 0.1) is 36.9 Å². The Kier molecular flexibility index (Phi) is 6.44. The number of nitrogens with zero attached hydrogens (tertiary/aromatic N) is 1. The van der Waals surface area contributed by atoms with E-state index >= 15 is 0 Å². The number of likely N-dealkylation sites (tertiary alicyclic amines) is 1. The first-order valence-corrected chi connectivity index (χ1v) is 12.4. The van der Waals surface area contributed by atoms with Crippen LogP contribution in [0.1, 0.15) is 48.8 Å². The van der Waals surface area contributed by atoms with Gasteiger partial charge in [0.25, 0.3) is 0 Å². The molecule has 1 saturated heterocycles. The van der Waals surface area contributed by atoms with Gasteiger partial charge in [0, 0.05) is 23.6 Å². The summed E-state index contributed by atoms with van der Waals surface area (Å²) in [5.74, 6) is -4.35. The zero-order valence-electron chi connectivity index (χ0n) is 20.7. The molecule has 1 spiro atoms. The predicted molar refractivity (Wildman–Crippen MR) is 126 cm³/mol. The van der Waals surface area contributed by atoms with Crippen LogP contribution >= 0.6 is 0 Å². The van der Waals surface area contributed by atoms with Crippen LogP contribution in [0.5, 0.6) is 5.75 Å². The van der Waals surface area contributed by atoms with Crippen LogP contribution in [-0.4, -0.2) is 86.6 Å². The molecular formula is C26H29NO11. The van der Waals surface area contributed by atoms with Gasteiger partial charge in [-0.2, -0.15) is 0 Å². The number of aliphatic carboxylic acids is 2. The summed E-state index contributed by atoms with van der Waals surface area (Å²) in [6.07, 6.45) is -1.96. The number of carboxylic acid groups (broad SMARTS) is 2. The number of rotatable bonds is 9. The first kappa shape index (κ1) is 26.1. The molecule has 1 fully saturated rings. The van der Waals surface area contributed by atoms with Crippen molar-refractivity contribution in [1.29, 1.82) is 0 Å². The lowest BCUT2D eigenvalue weighted by atomic mass is 9.50. The number of aliphatic hydroxyl groups is 2. The quantitative estimate of drug-likeness (QED) is 0.320. The van der Waals surface area contributed by atoms with E-state index in [1.807, 2.05) is 13.1 Å². The molecular weight excluding hydrogens is 502 g/mol. The molecule has 12 heteroatoms. The minimum atomic E-state index is -1.81. The summed E-state index contributed by atoms with van der Waals surface area (Å²) in [4.78, 5) is 49.3. The highest BCUT2D eigenvalue weighted by molar-refractivity contribution is 5.85. The minimum absolute atomic E-state index is 0.0629. The summed E-state index contributed by atoms with van der Waals surface area (Å²) < 4.78 is 16.9. The molecule has 204 valence electrons. The summed E-state index contributed by atoms with van der Waals surface area (Å²) in [5, 5.41) is 40.2. The van der Waals surface area contributed by atoms with Crippen LogP contribution in [-0.2, 0) is 47.1 Å². The Labute approximate surface area is 217 Å². The van der Waals surface area contributed by atoms with Crippen molar-refractivity contribution in [1.82, 2.24) is 4.90 Å². The highest BCUT2D eigenvalue weighted by Gasteiger charge is 2.72. The minimum Gasteiger partial charge on any atom is -0.481 e. The summed E-state index contributed by atoms with van der Waals surface area (Å²) >= 11 is 0. The SMILES string of the molecule is CN1CC[C@]23c4c5ccc(CO)c4O[C@H]2C(OC(=O)[C@H](CC(=O)O)OC(=O)CCC(=O)O)=CC[C@@]3(O)[C@H]1C5. The van der Waals surface area contributed by atoms with Crippen LogP contribution < -0.4 is 4.74 Å². The first-order valence-electron chi connectivity index (χ1n) is 12.4. The third-order valence-electron chi connectivity index (χ3n) is 8.28. The maximum absolute atomic E-state index is 13.1. The lowest BCUT2D eigenvalue weighted by Gasteiger charge is -2.61. The van der Waals surface area contributed by atoms with Gasteiger partial charge < -0.3 is 39.5 Å². The number of esters is 2. The molecule has 2 aliphatic heterocycles. The molecule has 12 nitrogen and oxygen atoms in total. The summed E-state index contributed by atoms with van der Waals surface area (Å²) in [7, 11) is 1.95. The van der Waals surface area contributed by atoms with Crippen molar-refractivity contribution in [2.75, 3.05) is 13.6 Å². The molecule has 1 aromatic rings. The molecule has 0 radical (unpaired) electrons. The van der Waals surface area contributed by atoms with E-state index in [4.69, 9.17) is 19.3 Å². The fourth-order valence-corrected chi connectivity index (χ4v) is 6.57. The van der Waals surface area contributed by atoms with Gasteiger partial charge in [-0.25, -0.2) is 4.79 Å². The van der Waals surface area contributed by atoms with Crippen LogP contribution in [0.15, 0.2) is 24.0 Å². The second-order valence-corrected chi connectivity index (χ2v) is 10.3. The fraction of sp³-hybridized carbons (Fsp3) is 0.538. The van der Waals surface area contributed by atoms with E-state index in [1.165, 1.54) is 0 Å². The largest absolute Gasteiger partial charge is 0.481 e. The second kappa shape index (κ2) is 9.37. The second-order valence-electron chi connectivity index (χ2n) is 10.3. The number of benzene rings is 1. The third kappa shape index (κ3) is 3.86. The van der Waals surface area contributed by atoms with Gasteiger partial charge >= 0.3 is 23.9 Å². The van der Waals surface area contributed by atoms with Gasteiger partial charge in [0.15, 0.2) is 6.10 Å². The lowest BCUT2D eigenvalue weighted by molar-refractivity contribution is -0.177. The maximum atomic E-state index is 13.1. The molecule has 2 aliphatic carbocycles. The number of carboxylic acids is 2. The monoisotopic (exact) mass is 531 g/mol. The van der Waals surface area contributed by atoms with Gasteiger partial charge in [-0.1, -0.05) is 12.1 Å². The average molecular weight is 532 g/mol. The van der Waals surface area contributed by atoms with Crippen LogP contribution in [0.2, 0.25) is 0 Å². The number of hydrogen-bond donors (Lipinski definition) is 4. The van der Waals surface area contributed by atoms with E-state index in [1.54, 1.807) is 12.1 Å². The molecule has 5 rings (SSSR count). The van der Waals surface area contributed by atoms with E-state index in [-0.39, 0.29) is 24.8 Å². The molecule has 1 aromatic carbocycles. The summed E-state index contributed by atoms with van der Waals surface area (Å²) in [6, 6.07) is 3.47. The topological polar surface area (TPSA) is 180 Å². The number of likely N-dealkylation sites (N-methyl/N-ethyl adjacent to an activating group) is 1. The molecule has 0 unspecified atom stereocenters. The Morgan fingerprint density at radius 3 is 2.63 bits per heavy atom. The Morgan fingerprint density at radius 1 is 1.18 bits per heavy atom. The molecule has 0 saturated carbocycles. The van der Waals surface area contributed by atoms with Gasteiger partial charge in [0.2, 0.25) is 6.10 Å². The molecule has 4 aliphatic rings. The zero-order chi connectivity index (χ0) is 27.4. The normalized spacial score (nSPS) is 29.4. The van der Waals surface area contributed by atoms with E-state index in [0.717, 1.165) is 11.1 Å². The van der Waals surface area contributed by atoms with Crippen molar-refractivity contribution in [3.05, 3.63) is 40.7 Å². The van der Waals surface area contributed by atoms with Gasteiger partial charge in [-0.15, -0.1) is 0 Å². The summed E-state index contributed by atoms with van der Waals surface area (Å²) in [5.41, 5.74) is 0.0862. The number of hydrogen-bond acceptors (Lipinski definition) is 10. The Bertz CT molecular complexity index is 1240. The molecule has 0 aromatic heterocycles. The smallest absolute Gasteiger partial charge is 0.353 e. The van der Waals surface area contributed by atoms with Crippen molar-refractivity contribution in [2.45, 2.75) is 74.4 Å². The lowest BCUT2D eigenvalue weighted by Crippen LogP contribution is -2.74. The zero-order valence-corrected chi connectivity index (χ0v) is 20.7. The number of aliphatic hydroxyl groups excluding tert-OH is 1. The predicted octanol–water partition coefficient (Wildman–Crippen LogP) is 0.251. The van der Waals surface area contributed by atoms with Crippen LogP contribution in [0.25, 0.3) is 0 Å². The number of carbonyl (C=O) groups excluding carboxylic acids is 2. The van der Waals surface area contributed by atoms with Gasteiger partial charge in [0.1, 0.15) is 11.5 Å². The third-order valence-corrected chi connectivity index (χ3v) is 8.28. The Hall–Kier alpha value is -3.48. The molecule has 5 atom stereocenters. The molecule has 2 bridgehead atoms. The van der Waals surface area contributed by atoms with E-state index in [2.05, 4.69) is 4.90 Å². The van der Waals surface area contributed by atoms with Crippen molar-refractivity contribution < 1.29 is 53.8 Å². The number of carbonyl (C=O) groups is 4. The Morgan fingerprint density at radius 2 is 1.95 bits per heavy atom. The van der Waals surface area contributed by atoms with Crippen LogP contribution in [0, 0.1) is 0 Å². The van der Waals surface area contributed by atoms with Gasteiger partial charge in [-0.3, -0.25) is 14.4 Å². The van der Waals surface area contributed by atoms with Crippen molar-refractivity contribution in [3.63, 3.8) is 0 Å². The number of piperidine rings is 1. The highest BCUT2D eigenvalue weighted by atomic mass is 16.6. The van der Waals surface area contributed by atoms with Crippen molar-refractivity contribution >= 4 is 23.9 Å². The van der Waals surface area contributed by atoms with Crippen molar-refractivity contribution in [2.24, 2.45) is 0 Å². The highest BCUT2D eigenvalue weighted by Crippen LogP contribution is 2.64. The van der Waals surface area contributed by atoms with Crippen LogP contribution in [0.4, 0.5) is 0 Å². The molecule has 4 N–H and O–H groups in total. The standard InChI is InChI=1S/C26H29NO11/c1-27-9-8-25-21-13-2-3-14(12-28)22(21)38-23(25)15(6-7-26(25,35)17(27)10-13)37-24(34)16(11-19(31)32)36-20(33)5-4-18(29)30/h2-3,6,16-17,23,28,35H,4-5,7-12H2,1H3,(H,29,30)(H,31,32)/t16-,17+,23-,25-,26+/m0/s1. The van der Waals surface area contributed by atoms with Crippen LogP contribution in [0.3, 0.4) is 0 Å².